The molecule has 4 aromatic rings. The van der Waals surface area contributed by atoms with Crippen molar-refractivity contribution in [2.24, 2.45) is 11.8 Å². The largest absolute Gasteiger partial charge is 0.453 e. The summed E-state index contributed by atoms with van der Waals surface area (Å²) in [6.07, 6.45) is 3.69. The van der Waals surface area contributed by atoms with Gasteiger partial charge in [-0.2, -0.15) is 0 Å². The van der Waals surface area contributed by atoms with E-state index >= 15 is 0 Å². The van der Waals surface area contributed by atoms with Crippen LogP contribution in [0, 0.1) is 23.7 Å². The Labute approximate surface area is 320 Å². The maximum atomic E-state index is 13.5. The summed E-state index contributed by atoms with van der Waals surface area (Å²) in [4.78, 5) is 68.3. The first-order valence-corrected chi connectivity index (χ1v) is 18.7. The monoisotopic (exact) mass is 751 g/mol. The molecule has 15 heteroatoms. The van der Waals surface area contributed by atoms with Crippen molar-refractivity contribution in [2.75, 3.05) is 27.3 Å². The molecule has 2 saturated heterocycles. The predicted molar refractivity (Wildman–Crippen MR) is 205 cm³/mol. The maximum absolute atomic E-state index is 13.5. The summed E-state index contributed by atoms with van der Waals surface area (Å²) in [6.45, 7) is 8.75. The van der Waals surface area contributed by atoms with E-state index < -0.39 is 24.3 Å². The number of amides is 4. The van der Waals surface area contributed by atoms with E-state index in [4.69, 9.17) is 14.5 Å². The molecule has 0 bridgehead atoms. The third-order valence-electron chi connectivity index (χ3n) is 10.1. The molecule has 0 spiro atoms. The molecular weight excluding hydrogens is 702 g/mol. The Bertz CT molecular complexity index is 2080. The number of nitrogens with zero attached hydrogens (tertiary/aromatic N) is 4. The van der Waals surface area contributed by atoms with E-state index in [1.165, 1.54) is 14.2 Å². The van der Waals surface area contributed by atoms with E-state index in [9.17, 15) is 19.2 Å². The van der Waals surface area contributed by atoms with Crippen LogP contribution in [0.15, 0.2) is 48.7 Å². The third kappa shape index (κ3) is 8.92. The van der Waals surface area contributed by atoms with Crippen molar-refractivity contribution in [3.63, 3.8) is 0 Å². The minimum Gasteiger partial charge on any atom is -0.453 e. The lowest BCUT2D eigenvalue weighted by Gasteiger charge is -2.29. The van der Waals surface area contributed by atoms with E-state index in [2.05, 4.69) is 48.9 Å². The van der Waals surface area contributed by atoms with Crippen molar-refractivity contribution < 1.29 is 28.7 Å². The number of aromatic nitrogens is 4. The maximum Gasteiger partial charge on any atom is 0.407 e. The summed E-state index contributed by atoms with van der Waals surface area (Å²) < 4.78 is 9.44. The van der Waals surface area contributed by atoms with Crippen LogP contribution in [-0.2, 0) is 19.1 Å². The number of alkyl carbamates (subject to hydrolysis) is 2. The van der Waals surface area contributed by atoms with E-state index in [-0.39, 0.29) is 35.7 Å². The topological polar surface area (TPSA) is 187 Å². The first-order chi connectivity index (χ1) is 26.4. The fourth-order valence-electron chi connectivity index (χ4n) is 7.13. The molecule has 0 saturated carbocycles. The number of aromatic amines is 2. The number of nitrogens with one attached hydrogen (secondary N) is 5. The summed E-state index contributed by atoms with van der Waals surface area (Å²) in [6, 6.07) is 12.3. The normalized spacial score (nSPS) is 18.1. The summed E-state index contributed by atoms with van der Waals surface area (Å²) in [5.74, 6) is 7.09. The number of likely N-dealkylation sites (tertiary alicyclic amines) is 1. The van der Waals surface area contributed by atoms with Gasteiger partial charge in [-0.1, -0.05) is 51.8 Å². The van der Waals surface area contributed by atoms with Gasteiger partial charge in [0.25, 0.3) is 5.91 Å². The Morgan fingerprint density at radius 3 is 2.15 bits per heavy atom. The number of hydrazine groups is 1. The van der Waals surface area contributed by atoms with Crippen molar-refractivity contribution in [1.82, 2.24) is 45.9 Å². The molecule has 5 N–H and O–H groups in total. The molecule has 2 aromatic heterocycles. The number of hydrogen-bond donors (Lipinski definition) is 5. The lowest BCUT2D eigenvalue weighted by molar-refractivity contribution is -0.135. The first kappa shape index (κ1) is 38.8. The molecule has 0 aliphatic carbocycles. The second-order valence-electron chi connectivity index (χ2n) is 14.6. The molecular formula is C40H49N9O6. The zero-order valence-corrected chi connectivity index (χ0v) is 32.1. The molecule has 4 atom stereocenters. The van der Waals surface area contributed by atoms with Crippen LogP contribution < -0.4 is 16.1 Å². The van der Waals surface area contributed by atoms with Crippen LogP contribution >= 0.6 is 0 Å². The molecule has 4 unspecified atom stereocenters. The number of carbonyl (C=O) groups is 4. The number of carbonyl (C=O) groups excluding carboxylic acids is 4. The molecule has 2 aliphatic rings. The second-order valence-corrected chi connectivity index (χ2v) is 14.6. The summed E-state index contributed by atoms with van der Waals surface area (Å²) in [5, 5.41) is 7.19. The quantitative estimate of drug-likeness (QED) is 0.140. The standard InChI is InChI=1S/C40H49N9O6/c1-23(2)33(45-39(52)54-5)37(50)47-49-20-8-10-32(49)36-43-29-18-16-27(21-30(29)44-36)26-14-11-25(12-15-26)13-17-28-22-41-35(42-28)31-9-7-19-48(31)38(51)34(24(3)4)46-40(53)55-6/h11-12,14-16,18,21-24,31-34H,7-10,19-20H2,1-6H3,(H,41,42)(H,43,44)(H,45,52)(H,46,53)(H,47,50). The number of ether oxygens (including phenoxy) is 2. The Balaban J connectivity index is 1.10. The SMILES string of the molecule is COC(=O)NC(C(=O)NN1CCCC1c1nc2ccc(-c3ccc(C#Cc4cnc(C5CCCN5C(=O)C(NC(=O)OC)C(C)C)[nH]4)cc3)cc2[nH]1)C(C)C. The van der Waals surface area contributed by atoms with Gasteiger partial charge in [0, 0.05) is 18.7 Å². The van der Waals surface area contributed by atoms with Gasteiger partial charge < -0.3 is 35.0 Å². The number of methoxy groups -OCH3 is 2. The van der Waals surface area contributed by atoms with Gasteiger partial charge in [0.05, 0.1) is 43.5 Å². The highest BCUT2D eigenvalue weighted by Crippen LogP contribution is 2.33. The first-order valence-electron chi connectivity index (χ1n) is 18.7. The van der Waals surface area contributed by atoms with Gasteiger partial charge in [0.1, 0.15) is 29.4 Å². The number of imidazole rings is 2. The van der Waals surface area contributed by atoms with Gasteiger partial charge >= 0.3 is 12.2 Å². The van der Waals surface area contributed by atoms with Crippen molar-refractivity contribution in [3.05, 3.63) is 71.6 Å². The number of fused-ring (bicyclic) bond motifs is 1. The van der Waals surface area contributed by atoms with Gasteiger partial charge in [-0.15, -0.1) is 0 Å². The average Bonchev–Trinajstić information content (AvgIpc) is 4.01. The fourth-order valence-corrected chi connectivity index (χ4v) is 7.13. The molecule has 6 rings (SSSR count). The highest BCUT2D eigenvalue weighted by molar-refractivity contribution is 5.87. The molecule has 2 aromatic carbocycles. The number of benzene rings is 2. The van der Waals surface area contributed by atoms with Crippen LogP contribution in [0.5, 0.6) is 0 Å². The van der Waals surface area contributed by atoms with Crippen molar-refractivity contribution in [1.29, 1.82) is 0 Å². The Morgan fingerprint density at radius 1 is 0.800 bits per heavy atom. The Kier molecular flexibility index (Phi) is 12.1. The van der Waals surface area contributed by atoms with Crippen LogP contribution in [0.3, 0.4) is 0 Å². The van der Waals surface area contributed by atoms with Crippen LogP contribution in [0.1, 0.15) is 88.4 Å². The summed E-state index contributed by atoms with van der Waals surface area (Å²) >= 11 is 0. The van der Waals surface area contributed by atoms with Crippen LogP contribution in [0.25, 0.3) is 22.2 Å². The highest BCUT2D eigenvalue weighted by Gasteiger charge is 2.37. The van der Waals surface area contributed by atoms with Crippen LogP contribution in [0.2, 0.25) is 0 Å². The predicted octanol–water partition coefficient (Wildman–Crippen LogP) is 4.95. The van der Waals surface area contributed by atoms with Crippen LogP contribution in [-0.4, -0.2) is 93.2 Å². The van der Waals surface area contributed by atoms with E-state index in [0.717, 1.165) is 59.2 Å². The molecule has 4 amide bonds. The molecule has 15 nitrogen and oxygen atoms in total. The number of H-pyrrole nitrogens is 2. The average molecular weight is 752 g/mol. The lowest BCUT2D eigenvalue weighted by Crippen LogP contribution is -2.54. The van der Waals surface area contributed by atoms with Gasteiger partial charge in [0.15, 0.2) is 0 Å². The molecule has 2 fully saturated rings. The van der Waals surface area contributed by atoms with Crippen molar-refractivity contribution in [3.8, 4) is 23.0 Å². The number of hydrogen-bond acceptors (Lipinski definition) is 9. The van der Waals surface area contributed by atoms with Gasteiger partial charge in [-0.05, 0) is 78.8 Å². The molecule has 290 valence electrons. The van der Waals surface area contributed by atoms with Crippen LogP contribution in [0.4, 0.5) is 9.59 Å². The van der Waals surface area contributed by atoms with Gasteiger partial charge in [0.2, 0.25) is 5.91 Å². The lowest BCUT2D eigenvalue weighted by atomic mass is 10.0. The summed E-state index contributed by atoms with van der Waals surface area (Å²) in [5.41, 5.74) is 8.23. The van der Waals surface area contributed by atoms with Crippen molar-refractivity contribution in [2.45, 2.75) is 77.5 Å². The number of rotatable bonds is 10. The molecule has 4 heterocycles. The van der Waals surface area contributed by atoms with Crippen molar-refractivity contribution >= 4 is 35.0 Å². The van der Waals surface area contributed by atoms with Gasteiger partial charge in [-0.3, -0.25) is 15.0 Å². The molecule has 2 aliphatic heterocycles. The minimum absolute atomic E-state index is 0.113. The zero-order chi connectivity index (χ0) is 39.2. The fraction of sp³-hybridized carbons (Fsp3) is 0.450. The second kappa shape index (κ2) is 17.1. The Hall–Kier alpha value is -5.88. The van der Waals surface area contributed by atoms with Gasteiger partial charge in [-0.25, -0.2) is 24.6 Å². The van der Waals surface area contributed by atoms with E-state index in [0.29, 0.717) is 24.6 Å². The minimum atomic E-state index is -0.739. The third-order valence-corrected chi connectivity index (χ3v) is 10.1. The smallest absolute Gasteiger partial charge is 0.407 e. The van der Waals surface area contributed by atoms with E-state index in [1.54, 1.807) is 11.1 Å². The molecule has 0 radical (unpaired) electrons. The summed E-state index contributed by atoms with van der Waals surface area (Å²) in [7, 11) is 2.55. The Morgan fingerprint density at radius 2 is 1.45 bits per heavy atom. The highest BCUT2D eigenvalue weighted by atomic mass is 16.5. The molecule has 55 heavy (non-hydrogen) atoms. The van der Waals surface area contributed by atoms with E-state index in [1.807, 2.05) is 69.1 Å². The zero-order valence-electron chi connectivity index (χ0n) is 32.1.